The zero-order valence-corrected chi connectivity index (χ0v) is 85.3. The molecule has 0 radical (unpaired) electrons. The van der Waals surface area contributed by atoms with Crippen LogP contribution in [-0.2, 0) is 53.4 Å². The number of carbonyl (C=O) groups is 4. The van der Waals surface area contributed by atoms with E-state index in [0.717, 1.165) is 70.5 Å². The first-order valence-corrected chi connectivity index (χ1v) is 49.6. The minimum Gasteiger partial charge on any atom is -0.495 e. The minimum atomic E-state index is -4.60. The summed E-state index contributed by atoms with van der Waals surface area (Å²) >= 11 is 11.7. The predicted octanol–water partition coefficient (Wildman–Crippen LogP) is 21.5. The molecular weight excluding hydrogens is 2060 g/mol. The maximum Gasteiger partial charge on any atom is 0.416 e. The molecule has 4 aromatic carbocycles. The van der Waals surface area contributed by atoms with Gasteiger partial charge in [-0.15, -0.1) is 45.3 Å². The molecule has 148 heavy (non-hydrogen) atoms. The summed E-state index contributed by atoms with van der Waals surface area (Å²) in [5.41, 5.74) is 2.33. The average molecular weight is 2160 g/mol. The van der Waals surface area contributed by atoms with E-state index in [0.29, 0.717) is 132 Å². The van der Waals surface area contributed by atoms with Crippen molar-refractivity contribution in [3.63, 3.8) is 0 Å². The summed E-state index contributed by atoms with van der Waals surface area (Å²) in [5, 5.41) is 26.9. The van der Waals surface area contributed by atoms with E-state index < -0.39 is 95.0 Å². The number of alkyl halides is 12. The van der Waals surface area contributed by atoms with Crippen molar-refractivity contribution >= 4 is 167 Å². The Labute approximate surface area is 862 Å². The highest BCUT2D eigenvalue weighted by Crippen LogP contribution is 2.55. The zero-order chi connectivity index (χ0) is 106. The Morgan fingerprint density at radius 1 is 0.345 bits per heavy atom. The van der Waals surface area contributed by atoms with Crippen molar-refractivity contribution < 1.29 is 125 Å². The van der Waals surface area contributed by atoms with E-state index in [1.807, 2.05) is 87.2 Å². The number of nitrogens with zero attached hydrogens (tertiary/aromatic N) is 17. The van der Waals surface area contributed by atoms with Gasteiger partial charge in [0.2, 0.25) is 40.8 Å². The number of hydrogen-bond donors (Lipinski definition) is 2. The number of methoxy groups -OCH3 is 9. The third-order valence-electron chi connectivity index (χ3n) is 25.4. The van der Waals surface area contributed by atoms with Crippen molar-refractivity contribution in [1.29, 1.82) is 0 Å². The van der Waals surface area contributed by atoms with Gasteiger partial charge in [-0.1, -0.05) is 0 Å². The summed E-state index contributed by atoms with van der Waals surface area (Å²) in [7, 11) is 12.7. The second-order valence-electron chi connectivity index (χ2n) is 34.3. The molecule has 32 nitrogen and oxygen atoms in total. The number of carboxylic acids is 2. The van der Waals surface area contributed by atoms with Crippen molar-refractivity contribution in [2.24, 2.45) is 20.0 Å². The predicted molar refractivity (Wildman–Crippen MR) is 540 cm³/mol. The number of rotatable bonds is 22. The first-order valence-electron chi connectivity index (χ1n) is 45.7. The van der Waals surface area contributed by atoms with Crippen LogP contribution in [0.1, 0.15) is 112 Å². The normalized spacial score (nSPS) is 18.7. The number of aromatic nitrogens is 3. The lowest BCUT2D eigenvalue weighted by atomic mass is 10.0. The quantitative estimate of drug-likeness (QED) is 0.0362. The van der Waals surface area contributed by atoms with E-state index in [4.69, 9.17) is 69.2 Å². The summed E-state index contributed by atoms with van der Waals surface area (Å²) < 4.78 is 212. The molecule has 7 aliphatic rings. The highest BCUT2D eigenvalue weighted by Gasteiger charge is 2.48. The number of carboxylic acid groups (broad SMARTS) is 2. The molecule has 2 N–H and O–H groups in total. The van der Waals surface area contributed by atoms with E-state index >= 15 is 0 Å². The first-order chi connectivity index (χ1) is 70.6. The molecular formula is C99H100ClF12N17O15S4. The van der Waals surface area contributed by atoms with Gasteiger partial charge in [0.05, 0.1) is 201 Å². The molecule has 0 aliphatic carbocycles. The molecule has 3 fully saturated rings. The molecule has 0 spiro atoms. The van der Waals surface area contributed by atoms with Gasteiger partial charge < -0.3 is 87.1 Å². The fourth-order valence-electron chi connectivity index (χ4n) is 18.4. The van der Waals surface area contributed by atoms with Crippen LogP contribution >= 0.6 is 56.9 Å². The second-order valence-corrected chi connectivity index (χ2v) is 38.4. The SMILES string of the molecule is COC(=O)CC1c2sccc2N=C(Cl)N1c1cc(C(F)(F)F)ccc1OC.COC(=O)CC1c2sccc2N=C(N2CCN(c3ccnc(OC)c3)[C@H](C)C2)N1c1cc(C(F)(F)F)ccc1OC.COc1cc(N2CCN(C3=Nc4ccsc4C(CC(=O)O)N3c3cc(C(F)(F)F)ccc3OC)C[C@H]2C)ccn1.COc1cc(N2CCN(C3=Nc4ccsc4[C@@H](CC(=O)O)N3c3cc(C(F)(F)F)ccc3OC)C[C@H]2C)ccn1. The number of amidine groups is 1. The third-order valence-corrected chi connectivity index (χ3v) is 29.6. The van der Waals surface area contributed by atoms with E-state index in [2.05, 4.69) is 41.6 Å². The molecule has 3 unspecified atom stereocenters. The van der Waals surface area contributed by atoms with E-state index in [-0.39, 0.29) is 94.9 Å². The molecule has 786 valence electrons. The molecule has 7 aliphatic heterocycles. The van der Waals surface area contributed by atoms with E-state index in [1.54, 1.807) is 78.2 Å². The lowest BCUT2D eigenvalue weighted by Crippen LogP contribution is -2.58. The summed E-state index contributed by atoms with van der Waals surface area (Å²) in [6, 6.07) is 28.4. The molecule has 14 heterocycles. The number of aliphatic imine (C=N–C) groups is 4. The highest BCUT2D eigenvalue weighted by atomic mass is 35.5. The summed E-state index contributed by atoms with van der Waals surface area (Å²) in [5.74, 6) is 0.313. The Hall–Kier alpha value is -14.3. The number of aliphatic carboxylic acids is 2. The Balaban J connectivity index is 0.000000149. The van der Waals surface area contributed by atoms with Crippen LogP contribution in [0.4, 0.5) is 115 Å². The van der Waals surface area contributed by atoms with Crippen molar-refractivity contribution in [1.82, 2.24) is 29.7 Å². The Kier molecular flexibility index (Phi) is 33.3. The van der Waals surface area contributed by atoms with E-state index in [1.165, 1.54) is 117 Å². The standard InChI is InChI=1S/C28H30F3N5O4S.2C27H28F3N5O4S.C17H14ClF3N2O3S/c1-17-16-34(10-11-35(17)19-7-9-32-24(14-19)39-3)27-33-20-8-12-41-26(20)22(15-25(37)40-4)36(27)21-13-18(28(29,30)31)5-6-23(21)38-2;2*1-16-15-33(9-10-34(16)18-6-8-31-23(13-18)39-3)26-32-19-7-11-40-25(19)21(14-24(36)37)35(26)20-12-17(27(28,29)30)4-5-22(20)38-2;1-25-13-4-3-9(17(19,20)21)7-11(13)23-12(8-14(24)26-2)15-10(5-6-27-15)22-16(23)18/h5-9,12-14,17,22H,10-11,15-16H2,1-4H3;2*4-8,11-13,16,21H,9-10,14-15H2,1-3H3,(H,36,37);3-7,12H,8H2,1-2H3/t17-,22?;16-,21?;16-,21-;/m111./s1. The van der Waals surface area contributed by atoms with Crippen molar-refractivity contribution in [2.75, 3.05) is 157 Å². The van der Waals surface area contributed by atoms with Crippen LogP contribution in [0.5, 0.6) is 40.6 Å². The molecule has 0 bridgehead atoms. The van der Waals surface area contributed by atoms with Crippen LogP contribution in [0.3, 0.4) is 0 Å². The van der Waals surface area contributed by atoms with Gasteiger partial charge in [0.1, 0.15) is 23.0 Å². The van der Waals surface area contributed by atoms with Gasteiger partial charge >= 0.3 is 48.6 Å². The van der Waals surface area contributed by atoms with Gasteiger partial charge in [-0.25, -0.2) is 34.9 Å². The molecule has 3 saturated heterocycles. The van der Waals surface area contributed by atoms with Crippen molar-refractivity contribution in [2.45, 2.75) is 113 Å². The number of piperazine rings is 3. The smallest absolute Gasteiger partial charge is 0.416 e. The Morgan fingerprint density at radius 3 is 0.845 bits per heavy atom. The average Bonchev–Trinajstić information content (AvgIpc) is 1.33. The number of ether oxygens (including phenoxy) is 9. The van der Waals surface area contributed by atoms with Crippen molar-refractivity contribution in [3.8, 4) is 40.6 Å². The van der Waals surface area contributed by atoms with Crippen LogP contribution in [0.2, 0.25) is 0 Å². The van der Waals surface area contributed by atoms with Gasteiger partial charge in [0.25, 0.3) is 0 Å². The lowest BCUT2D eigenvalue weighted by Gasteiger charge is -2.47. The van der Waals surface area contributed by atoms with E-state index in [9.17, 15) is 82.1 Å². The maximum absolute atomic E-state index is 13.9. The number of halogens is 13. The fourth-order valence-corrected chi connectivity index (χ4v) is 22.4. The first kappa shape index (κ1) is 108. The molecule has 7 aromatic heterocycles. The number of hydrogen-bond acceptors (Lipinski definition) is 34. The molecule has 0 saturated carbocycles. The van der Waals surface area contributed by atoms with Crippen molar-refractivity contribution in [3.05, 3.63) is 215 Å². The lowest BCUT2D eigenvalue weighted by molar-refractivity contribution is -0.141. The Morgan fingerprint density at radius 2 is 0.601 bits per heavy atom. The molecule has 7 atom stereocenters. The number of thiophene rings is 4. The van der Waals surface area contributed by atoms with Crippen LogP contribution < -0.4 is 67.5 Å². The number of esters is 2. The summed E-state index contributed by atoms with van der Waals surface area (Å²) in [6.07, 6.45) is -14.2. The van der Waals surface area contributed by atoms with Gasteiger partial charge in [-0.2, -0.15) is 52.7 Å². The third kappa shape index (κ3) is 23.6. The fraction of sp³-hybridized carbons (Fsp3) is 0.364. The maximum atomic E-state index is 13.9. The number of benzene rings is 4. The van der Waals surface area contributed by atoms with Crippen LogP contribution in [0.25, 0.3) is 0 Å². The number of carbonyl (C=O) groups excluding carboxylic acids is 2. The molecule has 18 rings (SSSR count). The summed E-state index contributed by atoms with van der Waals surface area (Å²) in [4.78, 5) is 102. The largest absolute Gasteiger partial charge is 0.495 e. The van der Waals surface area contributed by atoms with Gasteiger partial charge in [-0.05, 0) is 169 Å². The van der Waals surface area contributed by atoms with Crippen LogP contribution in [0.15, 0.2) is 194 Å². The highest BCUT2D eigenvalue weighted by molar-refractivity contribution is 7.11. The molecule has 49 heteroatoms. The Bertz CT molecular complexity index is 6550. The number of fused-ring (bicyclic) bond motifs is 4. The van der Waals surface area contributed by atoms with Gasteiger partial charge in [-0.3, -0.25) is 33.9 Å². The summed E-state index contributed by atoms with van der Waals surface area (Å²) in [6.45, 7) is 10.9. The number of pyridine rings is 3. The number of anilines is 7. The number of guanidine groups is 3. The van der Waals surface area contributed by atoms with Crippen LogP contribution in [0, 0.1) is 0 Å². The van der Waals surface area contributed by atoms with Gasteiger partial charge in [0, 0.05) is 131 Å². The second kappa shape index (κ2) is 45.6. The van der Waals surface area contributed by atoms with Crippen LogP contribution in [-0.4, -0.2) is 228 Å². The molecule has 0 amide bonds. The van der Waals surface area contributed by atoms with Gasteiger partial charge in [0.15, 0.2) is 0 Å². The minimum absolute atomic E-state index is 0.00624. The molecule has 11 aromatic rings. The monoisotopic (exact) mass is 2160 g/mol. The zero-order valence-electron chi connectivity index (χ0n) is 81.3. The topological polar surface area (TPSA) is 312 Å².